The molecule has 0 spiro atoms. The quantitative estimate of drug-likeness (QED) is 0.733. The number of rotatable bonds is 2. The van der Waals surface area contributed by atoms with E-state index in [2.05, 4.69) is 4.98 Å². The topological polar surface area (TPSA) is 12.9 Å². The molecule has 0 saturated carbocycles. The average Bonchev–Trinajstić information content (AvgIpc) is 2.70. The molecule has 0 aliphatic carbocycles. The van der Waals surface area contributed by atoms with Crippen LogP contribution in [0.3, 0.4) is 0 Å². The van der Waals surface area contributed by atoms with E-state index in [1.54, 1.807) is 6.20 Å². The Labute approximate surface area is 94.3 Å². The zero-order chi connectivity index (χ0) is 10.8. The molecule has 0 saturated heterocycles. The van der Waals surface area contributed by atoms with Crippen LogP contribution in [0, 0.1) is 11.6 Å². The molecular weight excluding hydrogens is 240 g/mol. The fraction of sp³-hybridized carbons (Fsp3) is 0.100. The highest BCUT2D eigenvalue weighted by molar-refractivity contribution is 7.15. The standard InChI is InChI=1S/C10H6ClF2NS/c11-4-7-5-14-10(15-7)6-1-2-8(12)9(13)3-6/h1-3,5H,4H2. The summed E-state index contributed by atoms with van der Waals surface area (Å²) in [4.78, 5) is 4.97. The summed E-state index contributed by atoms with van der Waals surface area (Å²) in [5.41, 5.74) is 0.565. The van der Waals surface area contributed by atoms with Gasteiger partial charge in [-0.3, -0.25) is 0 Å². The van der Waals surface area contributed by atoms with Crippen molar-refractivity contribution in [3.05, 3.63) is 40.9 Å². The molecule has 2 aromatic rings. The highest BCUT2D eigenvalue weighted by Gasteiger charge is 2.07. The van der Waals surface area contributed by atoms with Crippen molar-refractivity contribution >= 4 is 22.9 Å². The van der Waals surface area contributed by atoms with Gasteiger partial charge >= 0.3 is 0 Å². The fourth-order valence-electron chi connectivity index (χ4n) is 1.13. The minimum absolute atomic E-state index is 0.376. The second kappa shape index (κ2) is 4.24. The Morgan fingerprint density at radius 3 is 2.67 bits per heavy atom. The zero-order valence-corrected chi connectivity index (χ0v) is 9.08. The largest absolute Gasteiger partial charge is 0.244 e. The molecule has 0 aliphatic heterocycles. The minimum atomic E-state index is -0.866. The SMILES string of the molecule is Fc1ccc(-c2ncc(CCl)s2)cc1F. The number of hydrogen-bond acceptors (Lipinski definition) is 2. The maximum absolute atomic E-state index is 12.9. The van der Waals surface area contributed by atoms with Crippen LogP contribution in [0.1, 0.15) is 4.88 Å². The third kappa shape index (κ3) is 2.16. The van der Waals surface area contributed by atoms with E-state index in [0.29, 0.717) is 16.5 Å². The summed E-state index contributed by atoms with van der Waals surface area (Å²) >= 11 is 6.99. The molecular formula is C10H6ClF2NS. The lowest BCUT2D eigenvalue weighted by molar-refractivity contribution is 0.509. The van der Waals surface area contributed by atoms with Gasteiger partial charge in [0.05, 0.1) is 5.88 Å². The monoisotopic (exact) mass is 245 g/mol. The second-order valence-corrected chi connectivity index (χ2v) is 4.28. The van der Waals surface area contributed by atoms with Crippen LogP contribution in [-0.2, 0) is 5.88 Å². The number of thiazole rings is 1. The molecule has 0 fully saturated rings. The van der Waals surface area contributed by atoms with Crippen molar-refractivity contribution in [2.45, 2.75) is 5.88 Å². The van der Waals surface area contributed by atoms with E-state index in [1.165, 1.54) is 17.4 Å². The van der Waals surface area contributed by atoms with Crippen molar-refractivity contribution in [1.82, 2.24) is 4.98 Å². The fourth-order valence-corrected chi connectivity index (χ4v) is 2.12. The molecule has 0 amide bonds. The Morgan fingerprint density at radius 1 is 1.27 bits per heavy atom. The molecule has 0 N–H and O–H groups in total. The molecule has 5 heteroatoms. The van der Waals surface area contributed by atoms with Crippen molar-refractivity contribution in [2.75, 3.05) is 0 Å². The number of benzene rings is 1. The number of nitrogens with zero attached hydrogens (tertiary/aromatic N) is 1. The van der Waals surface area contributed by atoms with Crippen molar-refractivity contribution in [3.63, 3.8) is 0 Å². The average molecular weight is 246 g/mol. The lowest BCUT2D eigenvalue weighted by Crippen LogP contribution is -1.84. The van der Waals surface area contributed by atoms with Crippen LogP contribution in [0.4, 0.5) is 8.78 Å². The molecule has 1 heterocycles. The van der Waals surface area contributed by atoms with Crippen molar-refractivity contribution in [1.29, 1.82) is 0 Å². The lowest BCUT2D eigenvalue weighted by Gasteiger charge is -1.96. The summed E-state index contributed by atoms with van der Waals surface area (Å²) in [6.45, 7) is 0. The zero-order valence-electron chi connectivity index (χ0n) is 7.51. The lowest BCUT2D eigenvalue weighted by atomic mass is 10.2. The van der Waals surface area contributed by atoms with E-state index >= 15 is 0 Å². The number of halogens is 3. The van der Waals surface area contributed by atoms with Crippen LogP contribution in [0.5, 0.6) is 0 Å². The van der Waals surface area contributed by atoms with Gasteiger partial charge in [0, 0.05) is 16.6 Å². The van der Waals surface area contributed by atoms with Crippen LogP contribution < -0.4 is 0 Å². The predicted molar refractivity (Wildman–Crippen MR) is 57.0 cm³/mol. The number of aromatic nitrogens is 1. The molecule has 0 bridgehead atoms. The Balaban J connectivity index is 2.40. The van der Waals surface area contributed by atoms with E-state index in [0.717, 1.165) is 17.0 Å². The molecule has 1 aromatic heterocycles. The smallest absolute Gasteiger partial charge is 0.159 e. The minimum Gasteiger partial charge on any atom is -0.244 e. The van der Waals surface area contributed by atoms with Gasteiger partial charge in [0.25, 0.3) is 0 Å². The van der Waals surface area contributed by atoms with Gasteiger partial charge in [0.15, 0.2) is 11.6 Å². The Hall–Kier alpha value is -1.00. The summed E-state index contributed by atoms with van der Waals surface area (Å²) in [7, 11) is 0. The summed E-state index contributed by atoms with van der Waals surface area (Å²) in [6.07, 6.45) is 1.63. The number of alkyl halides is 1. The Bertz CT molecular complexity index is 484. The van der Waals surface area contributed by atoms with Gasteiger partial charge in [-0.05, 0) is 18.2 Å². The molecule has 78 valence electrons. The normalized spacial score (nSPS) is 10.6. The molecule has 0 atom stereocenters. The van der Waals surface area contributed by atoms with Crippen LogP contribution in [0.25, 0.3) is 10.6 Å². The Kier molecular flexibility index (Phi) is 2.98. The van der Waals surface area contributed by atoms with E-state index in [-0.39, 0.29) is 0 Å². The van der Waals surface area contributed by atoms with Gasteiger partial charge in [-0.2, -0.15) is 0 Å². The van der Waals surface area contributed by atoms with Gasteiger partial charge in [-0.15, -0.1) is 22.9 Å². The third-order valence-corrected chi connectivity index (χ3v) is 3.34. The predicted octanol–water partition coefficient (Wildman–Crippen LogP) is 3.83. The van der Waals surface area contributed by atoms with E-state index in [4.69, 9.17) is 11.6 Å². The molecule has 15 heavy (non-hydrogen) atoms. The maximum Gasteiger partial charge on any atom is 0.159 e. The molecule has 0 aliphatic rings. The molecule has 1 nitrogen and oxygen atoms in total. The second-order valence-electron chi connectivity index (χ2n) is 2.89. The molecule has 0 unspecified atom stereocenters. The van der Waals surface area contributed by atoms with Crippen LogP contribution in [0.2, 0.25) is 0 Å². The van der Waals surface area contributed by atoms with Crippen molar-refractivity contribution < 1.29 is 8.78 Å². The van der Waals surface area contributed by atoms with E-state index in [1.807, 2.05) is 0 Å². The van der Waals surface area contributed by atoms with Gasteiger partial charge in [0.1, 0.15) is 5.01 Å². The first-order chi connectivity index (χ1) is 7.20. The van der Waals surface area contributed by atoms with E-state index in [9.17, 15) is 8.78 Å². The van der Waals surface area contributed by atoms with Gasteiger partial charge in [-0.1, -0.05) is 0 Å². The van der Waals surface area contributed by atoms with Crippen molar-refractivity contribution in [2.24, 2.45) is 0 Å². The van der Waals surface area contributed by atoms with Crippen molar-refractivity contribution in [3.8, 4) is 10.6 Å². The molecule has 1 aromatic carbocycles. The van der Waals surface area contributed by atoms with Gasteiger partial charge in [-0.25, -0.2) is 13.8 Å². The number of hydrogen-bond donors (Lipinski definition) is 0. The summed E-state index contributed by atoms with van der Waals surface area (Å²) in [6, 6.07) is 3.72. The highest BCUT2D eigenvalue weighted by atomic mass is 35.5. The van der Waals surface area contributed by atoms with Gasteiger partial charge in [0.2, 0.25) is 0 Å². The highest BCUT2D eigenvalue weighted by Crippen LogP contribution is 2.26. The Morgan fingerprint density at radius 2 is 2.07 bits per heavy atom. The summed E-state index contributed by atoms with van der Waals surface area (Å²) in [5.74, 6) is -1.34. The first-order valence-corrected chi connectivity index (χ1v) is 5.52. The first kappa shape index (κ1) is 10.5. The van der Waals surface area contributed by atoms with Gasteiger partial charge < -0.3 is 0 Å². The first-order valence-electron chi connectivity index (χ1n) is 4.17. The van der Waals surface area contributed by atoms with E-state index < -0.39 is 11.6 Å². The van der Waals surface area contributed by atoms with Crippen LogP contribution in [-0.4, -0.2) is 4.98 Å². The van der Waals surface area contributed by atoms with Crippen LogP contribution in [0.15, 0.2) is 24.4 Å². The maximum atomic E-state index is 12.9. The molecule has 0 radical (unpaired) electrons. The third-order valence-electron chi connectivity index (χ3n) is 1.85. The van der Waals surface area contributed by atoms with Crippen LogP contribution >= 0.6 is 22.9 Å². The summed E-state index contributed by atoms with van der Waals surface area (Å²) in [5, 5.41) is 0.643. The summed E-state index contributed by atoms with van der Waals surface area (Å²) < 4.78 is 25.6. The molecule has 2 rings (SSSR count).